The number of nitrogens with zero attached hydrogens (tertiary/aromatic N) is 3. The molecule has 3 rings (SSSR count). The van der Waals surface area contributed by atoms with Gasteiger partial charge in [-0.05, 0) is 19.8 Å². The number of amides is 1. The molecule has 27 heavy (non-hydrogen) atoms. The number of aryl methyl sites for hydroxylation is 1. The number of carbonyl (C=O) groups excluding carboxylic acids is 1. The summed E-state index contributed by atoms with van der Waals surface area (Å²) in [6.07, 6.45) is 1.24. The molecular formula is C17H19ClF2N6O. The van der Waals surface area contributed by atoms with Crippen molar-refractivity contribution in [2.24, 2.45) is 5.73 Å². The number of H-pyrrole nitrogens is 1. The third-order valence-corrected chi connectivity index (χ3v) is 5.13. The van der Waals surface area contributed by atoms with Crippen molar-refractivity contribution in [1.82, 2.24) is 15.3 Å². The Bertz CT molecular complexity index is 938. The number of aromatic amines is 1. The van der Waals surface area contributed by atoms with Crippen molar-refractivity contribution in [2.45, 2.75) is 38.8 Å². The first-order valence-electron chi connectivity index (χ1n) is 8.44. The van der Waals surface area contributed by atoms with Crippen LogP contribution >= 0.6 is 11.6 Å². The molecule has 1 fully saturated rings. The smallest absolute Gasteiger partial charge is 0.345 e. The van der Waals surface area contributed by atoms with Crippen LogP contribution in [0.5, 0.6) is 0 Å². The number of nitriles is 1. The topological polar surface area (TPSA) is 111 Å². The van der Waals surface area contributed by atoms with E-state index in [1.54, 1.807) is 6.92 Å². The zero-order chi connectivity index (χ0) is 19.9. The highest BCUT2D eigenvalue weighted by Gasteiger charge is 2.36. The van der Waals surface area contributed by atoms with Gasteiger partial charge in [0, 0.05) is 31.7 Å². The lowest BCUT2D eigenvalue weighted by atomic mass is 10.0. The van der Waals surface area contributed by atoms with Crippen LogP contribution in [-0.2, 0) is 10.8 Å². The minimum absolute atomic E-state index is 0.00556. The number of carbonyl (C=O) groups is 1. The molecule has 1 aliphatic rings. The monoisotopic (exact) mass is 396 g/mol. The van der Waals surface area contributed by atoms with Crippen LogP contribution in [0.1, 0.15) is 36.7 Å². The van der Waals surface area contributed by atoms with Crippen LogP contribution < -0.4 is 16.0 Å². The fraction of sp³-hybridized carbons (Fsp3) is 0.471. The quantitative estimate of drug-likeness (QED) is 0.690. The molecule has 2 aromatic heterocycles. The van der Waals surface area contributed by atoms with Crippen molar-refractivity contribution in [2.75, 3.05) is 18.0 Å². The molecule has 3 heterocycles. The van der Waals surface area contributed by atoms with E-state index in [0.29, 0.717) is 42.8 Å². The lowest BCUT2D eigenvalue weighted by Crippen LogP contribution is -2.44. The van der Waals surface area contributed by atoms with Gasteiger partial charge in [0.25, 0.3) is 0 Å². The van der Waals surface area contributed by atoms with Gasteiger partial charge in [-0.2, -0.15) is 14.0 Å². The fourth-order valence-electron chi connectivity index (χ4n) is 3.47. The predicted molar refractivity (Wildman–Crippen MR) is 97.7 cm³/mol. The molecular weight excluding hydrogens is 378 g/mol. The molecule has 0 saturated carbocycles. The zero-order valence-electron chi connectivity index (χ0n) is 14.9. The summed E-state index contributed by atoms with van der Waals surface area (Å²) in [7, 11) is 0. The molecule has 1 aliphatic heterocycles. The number of fused-ring (bicyclic) bond motifs is 1. The van der Waals surface area contributed by atoms with E-state index in [1.165, 1.54) is 6.92 Å². The highest BCUT2D eigenvalue weighted by Crippen LogP contribution is 2.39. The molecule has 1 amide bonds. The van der Waals surface area contributed by atoms with E-state index in [-0.39, 0.29) is 28.1 Å². The fourth-order valence-corrected chi connectivity index (χ4v) is 3.65. The van der Waals surface area contributed by atoms with Gasteiger partial charge >= 0.3 is 6.05 Å². The first-order chi connectivity index (χ1) is 12.6. The van der Waals surface area contributed by atoms with Crippen molar-refractivity contribution in [3.8, 4) is 6.07 Å². The molecule has 0 unspecified atom stereocenters. The summed E-state index contributed by atoms with van der Waals surface area (Å²) in [5.74, 6) is -0.116. The van der Waals surface area contributed by atoms with Crippen molar-refractivity contribution in [3.63, 3.8) is 0 Å². The van der Waals surface area contributed by atoms with Crippen LogP contribution in [0.3, 0.4) is 0 Å². The third kappa shape index (κ3) is 3.55. The summed E-state index contributed by atoms with van der Waals surface area (Å²) in [4.78, 5) is 20.0. The van der Waals surface area contributed by atoms with Crippen molar-refractivity contribution in [1.29, 1.82) is 5.26 Å². The van der Waals surface area contributed by atoms with Crippen LogP contribution in [0.15, 0.2) is 0 Å². The summed E-state index contributed by atoms with van der Waals surface area (Å²) in [6.45, 7) is 4.10. The van der Waals surface area contributed by atoms with E-state index < -0.39 is 11.7 Å². The van der Waals surface area contributed by atoms with E-state index in [2.05, 4.69) is 15.3 Å². The van der Waals surface area contributed by atoms with Gasteiger partial charge < -0.3 is 15.2 Å². The van der Waals surface area contributed by atoms with E-state index in [0.717, 1.165) is 0 Å². The number of hydrogen-bond acceptors (Lipinski definition) is 5. The SMILES string of the molecule is CC(=O)NC1CCN(c2c(C#N)c(C(N)(F)F)nc3c(Cl)c(C)[nH]c23)CC1. The number of nitrogens with one attached hydrogen (secondary N) is 2. The van der Waals surface area contributed by atoms with Gasteiger partial charge in [-0.15, -0.1) is 0 Å². The third-order valence-electron chi connectivity index (χ3n) is 4.67. The average Bonchev–Trinajstić information content (AvgIpc) is 2.87. The lowest BCUT2D eigenvalue weighted by molar-refractivity contribution is -0.119. The first kappa shape index (κ1) is 19.3. The molecule has 1 saturated heterocycles. The number of anilines is 1. The molecule has 0 bridgehead atoms. The summed E-state index contributed by atoms with van der Waals surface area (Å²) < 4.78 is 27.9. The minimum Gasteiger partial charge on any atom is -0.369 e. The predicted octanol–water partition coefficient (Wildman–Crippen LogP) is 2.51. The van der Waals surface area contributed by atoms with Gasteiger partial charge in [0.15, 0.2) is 0 Å². The highest BCUT2D eigenvalue weighted by atomic mass is 35.5. The zero-order valence-corrected chi connectivity index (χ0v) is 15.6. The number of nitrogens with two attached hydrogens (primary N) is 1. The van der Waals surface area contributed by atoms with Gasteiger partial charge in [0.05, 0.1) is 16.2 Å². The standard InChI is InChI=1S/C17H19ClF2N6O/c1-8-12(18)13-14(23-8)15(11(7-21)16(25-13)17(19,20)22)26-5-3-10(4-6-26)24-9(2)27/h10,23H,3-6,22H2,1-2H3,(H,24,27). The summed E-state index contributed by atoms with van der Waals surface area (Å²) >= 11 is 6.22. The summed E-state index contributed by atoms with van der Waals surface area (Å²) in [5, 5.41) is 12.7. The van der Waals surface area contributed by atoms with Crippen LogP contribution in [-0.4, -0.2) is 35.0 Å². The Hall–Kier alpha value is -2.44. The Kier molecular flexibility index (Phi) is 4.97. The maximum atomic E-state index is 14.0. The molecule has 7 nitrogen and oxygen atoms in total. The summed E-state index contributed by atoms with van der Waals surface area (Å²) in [6, 6.07) is -1.94. The Morgan fingerprint density at radius 2 is 2.11 bits per heavy atom. The van der Waals surface area contributed by atoms with Crippen LogP contribution in [0.25, 0.3) is 11.0 Å². The molecule has 2 aromatic rings. The van der Waals surface area contributed by atoms with Gasteiger partial charge in [-0.25, -0.2) is 4.98 Å². The Balaban J connectivity index is 2.13. The Labute approximate surface area is 159 Å². The second-order valence-electron chi connectivity index (χ2n) is 6.67. The molecule has 4 N–H and O–H groups in total. The van der Waals surface area contributed by atoms with E-state index in [9.17, 15) is 18.8 Å². The molecule has 144 valence electrons. The number of piperidine rings is 1. The second-order valence-corrected chi connectivity index (χ2v) is 7.05. The molecule has 0 aromatic carbocycles. The molecule has 10 heteroatoms. The molecule has 0 spiro atoms. The molecule has 0 aliphatic carbocycles. The van der Waals surface area contributed by atoms with E-state index in [4.69, 9.17) is 17.3 Å². The number of rotatable bonds is 3. The van der Waals surface area contributed by atoms with E-state index >= 15 is 0 Å². The molecule has 0 atom stereocenters. The van der Waals surface area contributed by atoms with Gasteiger partial charge in [-0.1, -0.05) is 11.6 Å². The largest absolute Gasteiger partial charge is 0.369 e. The number of pyridine rings is 1. The number of alkyl halides is 2. The Morgan fingerprint density at radius 3 is 2.63 bits per heavy atom. The maximum Gasteiger partial charge on any atom is 0.345 e. The van der Waals surface area contributed by atoms with Gasteiger partial charge in [-0.3, -0.25) is 10.5 Å². The van der Waals surface area contributed by atoms with E-state index in [1.807, 2.05) is 11.0 Å². The van der Waals surface area contributed by atoms with Crippen LogP contribution in [0.4, 0.5) is 14.5 Å². The first-order valence-corrected chi connectivity index (χ1v) is 8.82. The summed E-state index contributed by atoms with van der Waals surface area (Å²) in [5.41, 5.74) is 5.40. The minimum atomic E-state index is -3.78. The molecule has 0 radical (unpaired) electrons. The van der Waals surface area contributed by atoms with Gasteiger partial charge in [0.2, 0.25) is 5.91 Å². The maximum absolute atomic E-state index is 14.0. The van der Waals surface area contributed by atoms with Gasteiger partial charge in [0.1, 0.15) is 22.8 Å². The highest BCUT2D eigenvalue weighted by molar-refractivity contribution is 6.36. The van der Waals surface area contributed by atoms with Crippen LogP contribution in [0, 0.1) is 18.3 Å². The van der Waals surface area contributed by atoms with Crippen molar-refractivity contribution < 1.29 is 13.6 Å². The number of aromatic nitrogens is 2. The van der Waals surface area contributed by atoms with Crippen LogP contribution in [0.2, 0.25) is 5.02 Å². The number of halogens is 3. The Morgan fingerprint density at radius 1 is 1.48 bits per heavy atom. The normalized spacial score (nSPS) is 15.8. The second kappa shape index (κ2) is 6.94. The average molecular weight is 397 g/mol. The lowest BCUT2D eigenvalue weighted by Gasteiger charge is -2.35. The van der Waals surface area contributed by atoms with Crippen molar-refractivity contribution >= 4 is 34.2 Å². The number of hydrogen-bond donors (Lipinski definition) is 3. The van der Waals surface area contributed by atoms with Crippen molar-refractivity contribution in [3.05, 3.63) is 22.0 Å².